The molecule has 0 aliphatic carbocycles. The minimum atomic E-state index is -1.20. The molecule has 1 atom stereocenters. The van der Waals surface area contributed by atoms with Crippen molar-refractivity contribution < 1.29 is 58.6 Å². The van der Waals surface area contributed by atoms with Gasteiger partial charge in [-0.1, -0.05) is 42.5 Å². The summed E-state index contributed by atoms with van der Waals surface area (Å²) in [7, 11) is 0. The second kappa shape index (κ2) is 17.0. The summed E-state index contributed by atoms with van der Waals surface area (Å²) in [6, 6.07) is 20.1. The first-order valence-corrected chi connectivity index (χ1v) is 13.4. The maximum Gasteiger partial charge on any atom is 1.00 e. The van der Waals surface area contributed by atoms with Crippen molar-refractivity contribution in [3.63, 3.8) is 0 Å². The van der Waals surface area contributed by atoms with E-state index in [0.717, 1.165) is 10.9 Å². The third kappa shape index (κ3) is 10.5. The number of alkyl carbamates (subject to hydrolysis) is 1. The molecule has 0 unspecified atom stereocenters. The second-order valence-electron chi connectivity index (χ2n) is 9.43. The molecule has 43 heavy (non-hydrogen) atoms. The molecule has 0 bridgehead atoms. The van der Waals surface area contributed by atoms with Crippen molar-refractivity contribution in [1.29, 1.82) is 0 Å². The molecule has 0 aliphatic heterocycles. The monoisotopic (exact) mass is 591 g/mol. The molecule has 216 valence electrons. The fourth-order valence-corrected chi connectivity index (χ4v) is 4.19. The number of anilines is 1. The van der Waals surface area contributed by atoms with Gasteiger partial charge in [-0.25, -0.2) is 9.78 Å². The smallest absolute Gasteiger partial charge is 0.550 e. The van der Waals surface area contributed by atoms with E-state index >= 15 is 0 Å². The van der Waals surface area contributed by atoms with Crippen molar-refractivity contribution in [2.75, 3.05) is 11.9 Å². The predicted molar refractivity (Wildman–Crippen MR) is 153 cm³/mol. The number of benzene rings is 2. The Morgan fingerprint density at radius 1 is 0.907 bits per heavy atom. The first kappa shape index (κ1) is 33.2. The van der Waals surface area contributed by atoms with Crippen molar-refractivity contribution in [2.45, 2.75) is 38.3 Å². The number of hydrogen-bond donors (Lipinski definition) is 3. The van der Waals surface area contributed by atoms with Crippen LogP contribution in [-0.2, 0) is 27.4 Å². The molecule has 4 aromatic rings. The van der Waals surface area contributed by atoms with E-state index in [-0.39, 0.29) is 67.7 Å². The molecule has 0 aliphatic rings. The third-order valence-electron chi connectivity index (χ3n) is 6.38. The number of aryl methyl sites for hydroxylation is 1. The van der Waals surface area contributed by atoms with Gasteiger partial charge in [0.25, 0.3) is 5.91 Å². The van der Waals surface area contributed by atoms with Crippen LogP contribution in [0, 0.1) is 0 Å². The minimum Gasteiger partial charge on any atom is -0.550 e. The van der Waals surface area contributed by atoms with Crippen molar-refractivity contribution in [1.82, 2.24) is 20.6 Å². The van der Waals surface area contributed by atoms with Crippen molar-refractivity contribution in [2.24, 2.45) is 0 Å². The van der Waals surface area contributed by atoms with Crippen molar-refractivity contribution in [3.8, 4) is 0 Å². The average molecular weight is 592 g/mol. The molecule has 2 aromatic heterocycles. The van der Waals surface area contributed by atoms with Gasteiger partial charge >= 0.3 is 35.7 Å². The van der Waals surface area contributed by atoms with E-state index in [4.69, 9.17) is 4.74 Å². The van der Waals surface area contributed by atoms with E-state index in [9.17, 15) is 24.3 Å². The maximum atomic E-state index is 13.4. The number of para-hydroxylation sites is 2. The number of hydrogen-bond acceptors (Lipinski definition) is 8. The Kier molecular flexibility index (Phi) is 13.1. The minimum absolute atomic E-state index is 0. The van der Waals surface area contributed by atoms with Gasteiger partial charge in [-0.3, -0.25) is 14.6 Å². The van der Waals surface area contributed by atoms with Gasteiger partial charge in [0.15, 0.2) is 0 Å². The number of nitrogens with one attached hydrogen (secondary N) is 3. The van der Waals surface area contributed by atoms with Crippen LogP contribution in [0.4, 0.5) is 10.5 Å². The predicted octanol–water partition coefficient (Wildman–Crippen LogP) is -0.240. The molecule has 2 aromatic carbocycles. The zero-order valence-electron chi connectivity index (χ0n) is 23.7. The number of aromatic nitrogens is 2. The number of carbonyl (C=O) groups is 4. The zero-order valence-corrected chi connectivity index (χ0v) is 25.7. The maximum absolute atomic E-state index is 13.4. The van der Waals surface area contributed by atoms with Gasteiger partial charge in [-0.2, -0.15) is 0 Å². The van der Waals surface area contributed by atoms with Gasteiger partial charge < -0.3 is 30.6 Å². The van der Waals surface area contributed by atoms with Crippen LogP contribution < -0.4 is 50.6 Å². The van der Waals surface area contributed by atoms with E-state index in [0.29, 0.717) is 23.2 Å². The van der Waals surface area contributed by atoms with Crippen LogP contribution in [0.25, 0.3) is 10.9 Å². The molecule has 12 heteroatoms. The van der Waals surface area contributed by atoms with Gasteiger partial charge in [-0.15, -0.1) is 0 Å². The fraction of sp³-hybridized carbons (Fsp3) is 0.226. The molecule has 0 saturated heterocycles. The summed E-state index contributed by atoms with van der Waals surface area (Å²) < 4.78 is 5.19. The summed E-state index contributed by atoms with van der Waals surface area (Å²) in [5.74, 6) is -2.22. The van der Waals surface area contributed by atoms with E-state index in [1.165, 1.54) is 0 Å². The van der Waals surface area contributed by atoms with Crippen LogP contribution in [0.15, 0.2) is 85.2 Å². The number of rotatable bonds is 13. The summed E-state index contributed by atoms with van der Waals surface area (Å²) in [6.07, 6.45) is 3.10. The summed E-state index contributed by atoms with van der Waals surface area (Å²) in [5, 5.41) is 20.0. The SMILES string of the molecule is O=C([O-])CCc1ccccc1NC(=O)[C@H](CCCNC(=O)OCc1ccncc1)NC(=O)c1ccc2ccccc2n1.[Na+]. The van der Waals surface area contributed by atoms with Crippen molar-refractivity contribution >= 4 is 40.5 Å². The van der Waals surface area contributed by atoms with Crippen LogP contribution in [0.3, 0.4) is 0 Å². The quantitative estimate of drug-likeness (QED) is 0.142. The molecule has 0 fully saturated rings. The molecule has 11 nitrogen and oxygen atoms in total. The van der Waals surface area contributed by atoms with Crippen LogP contribution in [0.5, 0.6) is 0 Å². The van der Waals surface area contributed by atoms with Gasteiger partial charge in [-0.05, 0) is 67.1 Å². The summed E-state index contributed by atoms with van der Waals surface area (Å²) in [5.41, 5.74) is 2.64. The number of nitrogens with zero attached hydrogens (tertiary/aromatic N) is 2. The molecule has 0 radical (unpaired) electrons. The Bertz CT molecular complexity index is 1550. The topological polar surface area (TPSA) is 162 Å². The first-order valence-electron chi connectivity index (χ1n) is 13.4. The Morgan fingerprint density at radius 3 is 2.44 bits per heavy atom. The number of ether oxygens (including phenoxy) is 1. The second-order valence-corrected chi connectivity index (χ2v) is 9.43. The Balaban J connectivity index is 0.00000506. The molecular weight excluding hydrogens is 561 g/mol. The van der Waals surface area contributed by atoms with Gasteiger partial charge in [0.1, 0.15) is 18.3 Å². The number of aliphatic carboxylic acids is 1. The van der Waals surface area contributed by atoms with Gasteiger partial charge in [0, 0.05) is 36.0 Å². The molecule has 3 amide bonds. The number of pyridine rings is 2. The number of carboxylic acids is 1. The van der Waals surface area contributed by atoms with E-state index in [1.54, 1.807) is 67.0 Å². The molecular formula is C31H30N5NaO6. The Hall–Kier alpha value is -4.32. The fourth-order valence-electron chi connectivity index (χ4n) is 4.19. The molecule has 3 N–H and O–H groups in total. The van der Waals surface area contributed by atoms with Crippen LogP contribution in [0.2, 0.25) is 0 Å². The average Bonchev–Trinajstić information content (AvgIpc) is 3.01. The van der Waals surface area contributed by atoms with Crippen LogP contribution >= 0.6 is 0 Å². The van der Waals surface area contributed by atoms with Crippen LogP contribution in [0.1, 0.15) is 40.9 Å². The molecule has 0 spiro atoms. The number of carboxylic acid groups (broad SMARTS) is 1. The zero-order chi connectivity index (χ0) is 29.7. The number of carbonyl (C=O) groups excluding carboxylic acids is 4. The normalized spacial score (nSPS) is 11.1. The molecule has 0 saturated carbocycles. The van der Waals surface area contributed by atoms with E-state index in [1.807, 2.05) is 18.2 Å². The van der Waals surface area contributed by atoms with Gasteiger partial charge in [0.05, 0.1) is 5.52 Å². The summed E-state index contributed by atoms with van der Waals surface area (Å²) >= 11 is 0. The van der Waals surface area contributed by atoms with Gasteiger partial charge in [0.2, 0.25) is 5.91 Å². The third-order valence-corrected chi connectivity index (χ3v) is 6.38. The van der Waals surface area contributed by atoms with E-state index in [2.05, 4.69) is 25.9 Å². The molecule has 4 rings (SSSR count). The van der Waals surface area contributed by atoms with E-state index < -0.39 is 29.9 Å². The molecule has 2 heterocycles. The first-order chi connectivity index (χ1) is 20.4. The van der Waals surface area contributed by atoms with Crippen LogP contribution in [-0.4, -0.2) is 46.4 Å². The number of amides is 3. The standard InChI is InChI=1S/C31H31N5O6.Na/c37-28(38)14-12-23-7-2-4-9-25(23)35-29(39)26(10-5-17-33-31(41)42-20-21-15-18-32-19-16-21)36-30(40)27-13-11-22-6-1-3-8-24(22)34-27;/h1-4,6-9,11,13,15-16,18-19,26H,5,10,12,14,17,20H2,(H,33,41)(H,35,39)(H,36,40)(H,37,38);/q;+1/p-1/t26-;/m0./s1. The number of fused-ring (bicyclic) bond motifs is 1. The largest absolute Gasteiger partial charge is 1.00 e. The Labute approximate surface area is 270 Å². The summed E-state index contributed by atoms with van der Waals surface area (Å²) in [6.45, 7) is 0.288. The Morgan fingerprint density at radius 2 is 1.65 bits per heavy atom. The summed E-state index contributed by atoms with van der Waals surface area (Å²) in [4.78, 5) is 57.9. The van der Waals surface area contributed by atoms with Crippen molar-refractivity contribution in [3.05, 3.63) is 102 Å².